The standard InChI is InChI=1S/C44H32S/c1-29-19-25-36-37-26-22-32(30-11-4-2-5-12-30)28-41(37)44(40(36)27-29,33-13-6-3-7-14-33)34-23-20-31(21-24-34)35-16-10-17-39-38-15-8-9-18-42(38)45-43(35)39/h3-4,6-28H,2,5H2,1H3. The van der Waals surface area contributed by atoms with Crippen LogP contribution in [0, 0.1) is 6.92 Å². The number of rotatable bonds is 4. The predicted molar refractivity (Wildman–Crippen MR) is 193 cm³/mol. The molecule has 1 heterocycles. The zero-order valence-electron chi connectivity index (χ0n) is 25.3. The summed E-state index contributed by atoms with van der Waals surface area (Å²) in [6.07, 6.45) is 9.21. The van der Waals surface area contributed by atoms with E-state index in [4.69, 9.17) is 0 Å². The van der Waals surface area contributed by atoms with Gasteiger partial charge in [0.2, 0.25) is 0 Å². The second-order valence-electron chi connectivity index (χ2n) is 12.4. The SMILES string of the molecule is Cc1ccc2c(c1)C(c1ccccc1)(c1ccc(-c3cccc4c3sc3ccccc34)cc1)c1cc(C3=CCCC=C3)ccc1-2. The molecule has 6 aromatic carbocycles. The van der Waals surface area contributed by atoms with Crippen LogP contribution in [0.2, 0.25) is 0 Å². The lowest BCUT2D eigenvalue weighted by atomic mass is 9.67. The molecule has 45 heavy (non-hydrogen) atoms. The van der Waals surface area contributed by atoms with Crippen molar-refractivity contribution in [3.8, 4) is 22.3 Å². The van der Waals surface area contributed by atoms with Gasteiger partial charge in [0.05, 0.1) is 5.41 Å². The molecule has 7 aromatic rings. The van der Waals surface area contributed by atoms with Gasteiger partial charge < -0.3 is 0 Å². The van der Waals surface area contributed by atoms with E-state index in [1.54, 1.807) is 0 Å². The Morgan fingerprint density at radius 1 is 0.556 bits per heavy atom. The van der Waals surface area contributed by atoms with Crippen molar-refractivity contribution in [2.75, 3.05) is 0 Å². The molecule has 9 rings (SSSR count). The fraction of sp³-hybridized carbons (Fsp3) is 0.0909. The maximum Gasteiger partial charge on any atom is 0.0713 e. The first-order chi connectivity index (χ1) is 22.2. The van der Waals surface area contributed by atoms with Crippen molar-refractivity contribution >= 4 is 37.1 Å². The van der Waals surface area contributed by atoms with Crippen molar-refractivity contribution in [1.29, 1.82) is 0 Å². The van der Waals surface area contributed by atoms with Gasteiger partial charge >= 0.3 is 0 Å². The fourth-order valence-corrected chi connectivity index (χ4v) is 9.03. The maximum atomic E-state index is 2.48. The summed E-state index contributed by atoms with van der Waals surface area (Å²) in [4.78, 5) is 0. The van der Waals surface area contributed by atoms with Gasteiger partial charge in [-0.3, -0.25) is 0 Å². The van der Waals surface area contributed by atoms with Crippen LogP contribution in [0.4, 0.5) is 0 Å². The molecule has 0 radical (unpaired) electrons. The van der Waals surface area contributed by atoms with Crippen LogP contribution in [-0.4, -0.2) is 0 Å². The van der Waals surface area contributed by atoms with Crippen LogP contribution in [0.5, 0.6) is 0 Å². The first kappa shape index (κ1) is 26.4. The lowest BCUT2D eigenvalue weighted by Crippen LogP contribution is -2.28. The Morgan fingerprint density at radius 3 is 2.09 bits per heavy atom. The Bertz CT molecular complexity index is 2310. The van der Waals surface area contributed by atoms with E-state index in [0.717, 1.165) is 12.8 Å². The summed E-state index contributed by atoms with van der Waals surface area (Å²) in [5, 5.41) is 2.68. The molecule has 0 spiro atoms. The molecule has 0 fully saturated rings. The molecule has 1 unspecified atom stereocenters. The van der Waals surface area contributed by atoms with Crippen molar-refractivity contribution in [3.63, 3.8) is 0 Å². The van der Waals surface area contributed by atoms with E-state index in [-0.39, 0.29) is 0 Å². The van der Waals surface area contributed by atoms with Crippen molar-refractivity contribution in [2.45, 2.75) is 25.2 Å². The third-order valence-corrected chi connectivity index (χ3v) is 11.1. The van der Waals surface area contributed by atoms with Gasteiger partial charge in [0, 0.05) is 20.2 Å². The first-order valence-corrected chi connectivity index (χ1v) is 16.7. The Hall–Kier alpha value is -4.98. The molecule has 1 heteroatoms. The van der Waals surface area contributed by atoms with E-state index in [0.29, 0.717) is 0 Å². The lowest BCUT2D eigenvalue weighted by molar-refractivity contribution is 0.767. The van der Waals surface area contributed by atoms with Crippen molar-refractivity contribution < 1.29 is 0 Å². The largest absolute Gasteiger partial charge is 0.135 e. The molecule has 2 aliphatic carbocycles. The highest BCUT2D eigenvalue weighted by Gasteiger charge is 2.46. The summed E-state index contributed by atoms with van der Waals surface area (Å²) in [5.74, 6) is 0. The minimum Gasteiger partial charge on any atom is -0.135 e. The molecule has 214 valence electrons. The monoisotopic (exact) mass is 592 g/mol. The lowest BCUT2D eigenvalue weighted by Gasteiger charge is -2.34. The molecule has 0 aliphatic heterocycles. The van der Waals surface area contributed by atoms with Crippen LogP contribution in [-0.2, 0) is 5.41 Å². The van der Waals surface area contributed by atoms with Crippen LogP contribution in [0.1, 0.15) is 46.2 Å². The van der Waals surface area contributed by atoms with E-state index < -0.39 is 5.41 Å². The fourth-order valence-electron chi connectivity index (χ4n) is 7.80. The zero-order valence-corrected chi connectivity index (χ0v) is 26.1. The predicted octanol–water partition coefficient (Wildman–Crippen LogP) is 12.1. The normalized spacial score (nSPS) is 17.0. The number of hydrogen-bond donors (Lipinski definition) is 0. The molecule has 0 bridgehead atoms. The number of thiophene rings is 1. The minimum absolute atomic E-state index is 0.422. The van der Waals surface area contributed by atoms with Crippen LogP contribution in [0.3, 0.4) is 0 Å². The third kappa shape index (κ3) is 3.97. The minimum atomic E-state index is -0.422. The number of aryl methyl sites for hydroxylation is 1. The summed E-state index contributed by atoms with van der Waals surface area (Å²) in [7, 11) is 0. The number of allylic oxidation sites excluding steroid dienone is 4. The summed E-state index contributed by atoms with van der Waals surface area (Å²) in [6, 6.07) is 50.3. The van der Waals surface area contributed by atoms with Crippen LogP contribution in [0.15, 0.2) is 152 Å². The highest BCUT2D eigenvalue weighted by molar-refractivity contribution is 7.26. The highest BCUT2D eigenvalue weighted by atomic mass is 32.1. The first-order valence-electron chi connectivity index (χ1n) is 15.9. The Kier molecular flexibility index (Phi) is 6.05. The second-order valence-corrected chi connectivity index (χ2v) is 13.5. The average Bonchev–Trinajstić information content (AvgIpc) is 3.62. The van der Waals surface area contributed by atoms with Crippen molar-refractivity contribution in [1.82, 2.24) is 0 Å². The van der Waals surface area contributed by atoms with Gasteiger partial charge in [-0.1, -0.05) is 145 Å². The van der Waals surface area contributed by atoms with E-state index >= 15 is 0 Å². The molecule has 1 aromatic heterocycles. The topological polar surface area (TPSA) is 0 Å². The molecule has 1 atom stereocenters. The molecular weight excluding hydrogens is 561 g/mol. The molecule has 0 N–H and O–H groups in total. The van der Waals surface area contributed by atoms with Crippen molar-refractivity contribution in [3.05, 3.63) is 185 Å². The molecule has 0 amide bonds. The van der Waals surface area contributed by atoms with E-state index in [9.17, 15) is 0 Å². The summed E-state index contributed by atoms with van der Waals surface area (Å²) in [6.45, 7) is 2.22. The molecule has 0 saturated carbocycles. The van der Waals surface area contributed by atoms with E-state index in [1.165, 1.54) is 81.4 Å². The van der Waals surface area contributed by atoms with Crippen LogP contribution >= 0.6 is 11.3 Å². The van der Waals surface area contributed by atoms with Gasteiger partial charge in [-0.05, 0) is 87.5 Å². The Balaban J connectivity index is 1.29. The maximum absolute atomic E-state index is 2.48. The summed E-state index contributed by atoms with van der Waals surface area (Å²) in [5.41, 5.74) is 14.0. The molecule has 0 saturated heterocycles. The van der Waals surface area contributed by atoms with Gasteiger partial charge in [0.25, 0.3) is 0 Å². The van der Waals surface area contributed by atoms with Gasteiger partial charge in [-0.2, -0.15) is 0 Å². The smallest absolute Gasteiger partial charge is 0.0713 e. The van der Waals surface area contributed by atoms with Gasteiger partial charge in [0.1, 0.15) is 0 Å². The summed E-state index contributed by atoms with van der Waals surface area (Å²) < 4.78 is 2.70. The number of fused-ring (bicyclic) bond motifs is 6. The van der Waals surface area contributed by atoms with Gasteiger partial charge in [-0.25, -0.2) is 0 Å². The van der Waals surface area contributed by atoms with Crippen LogP contribution in [0.25, 0.3) is 48.0 Å². The van der Waals surface area contributed by atoms with Crippen molar-refractivity contribution in [2.24, 2.45) is 0 Å². The third-order valence-electron chi connectivity index (χ3n) is 9.86. The molecule has 2 aliphatic rings. The van der Waals surface area contributed by atoms with E-state index in [2.05, 4.69) is 159 Å². The molecular formula is C44H32S. The Morgan fingerprint density at radius 2 is 1.27 bits per heavy atom. The number of hydrogen-bond acceptors (Lipinski definition) is 1. The summed E-state index contributed by atoms with van der Waals surface area (Å²) >= 11 is 1.90. The quantitative estimate of drug-likeness (QED) is 0.191. The zero-order chi connectivity index (χ0) is 30.0. The van der Waals surface area contributed by atoms with E-state index in [1.807, 2.05) is 11.3 Å². The molecule has 0 nitrogen and oxygen atoms in total. The average molecular weight is 593 g/mol. The Labute approximate surface area is 268 Å². The highest BCUT2D eigenvalue weighted by Crippen LogP contribution is 2.57. The second kappa shape index (κ2) is 10.3. The van der Waals surface area contributed by atoms with Crippen LogP contribution < -0.4 is 0 Å². The number of benzene rings is 6. The van der Waals surface area contributed by atoms with Gasteiger partial charge in [-0.15, -0.1) is 11.3 Å². The van der Waals surface area contributed by atoms with Gasteiger partial charge in [0.15, 0.2) is 0 Å².